The van der Waals surface area contributed by atoms with Gasteiger partial charge in [-0.2, -0.15) is 0 Å². The van der Waals surface area contributed by atoms with E-state index in [-0.39, 0.29) is 6.61 Å². The monoisotopic (exact) mass is 299 g/mol. The van der Waals surface area contributed by atoms with E-state index in [4.69, 9.17) is 4.74 Å². The van der Waals surface area contributed by atoms with Crippen LogP contribution < -0.4 is 5.32 Å². The molecule has 0 fully saturated rings. The highest BCUT2D eigenvalue weighted by atomic mass is 16.5. The Morgan fingerprint density at radius 1 is 1.09 bits per heavy atom. The molecule has 4 heteroatoms. The van der Waals surface area contributed by atoms with Crippen molar-refractivity contribution in [1.29, 1.82) is 0 Å². The van der Waals surface area contributed by atoms with E-state index in [1.807, 2.05) is 48.5 Å². The Balaban J connectivity index is 2.10. The third-order valence-corrected chi connectivity index (χ3v) is 3.37. The van der Waals surface area contributed by atoms with E-state index >= 15 is 0 Å². The fourth-order valence-corrected chi connectivity index (χ4v) is 2.22. The molecule has 2 aromatic rings. The van der Waals surface area contributed by atoms with Crippen molar-refractivity contribution in [2.45, 2.75) is 25.6 Å². The molecule has 4 nitrogen and oxygen atoms in total. The minimum Gasteiger partial charge on any atom is -0.465 e. The van der Waals surface area contributed by atoms with Crippen LogP contribution in [0.3, 0.4) is 0 Å². The first-order chi connectivity index (χ1) is 10.7. The maximum Gasteiger partial charge on any atom is 0.326 e. The molecule has 116 valence electrons. The molecule has 0 aromatic heterocycles. The van der Waals surface area contributed by atoms with Gasteiger partial charge in [0.15, 0.2) is 0 Å². The van der Waals surface area contributed by atoms with Gasteiger partial charge in [-0.25, -0.2) is 0 Å². The Labute approximate surface area is 130 Å². The van der Waals surface area contributed by atoms with Crippen LogP contribution in [0.4, 0.5) is 0 Å². The number of rotatable bonds is 7. The number of benzene rings is 2. The normalized spacial score (nSPS) is 13.4. The van der Waals surface area contributed by atoms with Crippen molar-refractivity contribution in [3.63, 3.8) is 0 Å². The average Bonchev–Trinajstić information content (AvgIpc) is 2.57. The Morgan fingerprint density at radius 2 is 1.68 bits per heavy atom. The highest BCUT2D eigenvalue weighted by Crippen LogP contribution is 2.18. The van der Waals surface area contributed by atoms with Crippen LogP contribution in [-0.4, -0.2) is 23.7 Å². The molecule has 0 aliphatic carbocycles. The molecular weight excluding hydrogens is 278 g/mol. The SMILES string of the molecule is CCOC(=O)[C@@H](NCc1ccccc1)[C@H](O)c1ccccc1. The molecule has 0 amide bonds. The molecule has 0 radical (unpaired) electrons. The lowest BCUT2D eigenvalue weighted by Gasteiger charge is -2.23. The van der Waals surface area contributed by atoms with E-state index in [2.05, 4.69) is 5.32 Å². The molecule has 0 aliphatic heterocycles. The second kappa shape index (κ2) is 8.32. The van der Waals surface area contributed by atoms with Gasteiger partial charge in [0, 0.05) is 6.54 Å². The highest BCUT2D eigenvalue weighted by molar-refractivity contribution is 5.76. The van der Waals surface area contributed by atoms with E-state index in [9.17, 15) is 9.90 Å². The maximum absolute atomic E-state index is 12.1. The first-order valence-corrected chi connectivity index (χ1v) is 7.39. The van der Waals surface area contributed by atoms with Gasteiger partial charge in [0.1, 0.15) is 12.1 Å². The summed E-state index contributed by atoms with van der Waals surface area (Å²) < 4.78 is 5.07. The number of esters is 1. The van der Waals surface area contributed by atoms with Gasteiger partial charge in [-0.3, -0.25) is 10.1 Å². The van der Waals surface area contributed by atoms with Crippen LogP contribution in [0.15, 0.2) is 60.7 Å². The van der Waals surface area contributed by atoms with Crippen molar-refractivity contribution in [3.05, 3.63) is 71.8 Å². The van der Waals surface area contributed by atoms with E-state index < -0.39 is 18.1 Å². The zero-order chi connectivity index (χ0) is 15.8. The average molecular weight is 299 g/mol. The molecule has 0 aliphatic rings. The smallest absolute Gasteiger partial charge is 0.326 e. The molecule has 0 bridgehead atoms. The van der Waals surface area contributed by atoms with E-state index in [1.165, 1.54) is 0 Å². The van der Waals surface area contributed by atoms with Crippen molar-refractivity contribution in [1.82, 2.24) is 5.32 Å². The molecule has 22 heavy (non-hydrogen) atoms. The third-order valence-electron chi connectivity index (χ3n) is 3.37. The van der Waals surface area contributed by atoms with Gasteiger partial charge >= 0.3 is 5.97 Å². The topological polar surface area (TPSA) is 58.6 Å². The third kappa shape index (κ3) is 4.41. The molecular formula is C18H21NO3. The minimum atomic E-state index is -0.955. The lowest BCUT2D eigenvalue weighted by Crippen LogP contribution is -2.42. The second-order valence-corrected chi connectivity index (χ2v) is 4.95. The van der Waals surface area contributed by atoms with Crippen LogP contribution >= 0.6 is 0 Å². The molecule has 2 aromatic carbocycles. The number of ether oxygens (including phenoxy) is 1. The van der Waals surface area contributed by atoms with Gasteiger partial charge in [-0.05, 0) is 18.1 Å². The predicted molar refractivity (Wildman–Crippen MR) is 85.1 cm³/mol. The van der Waals surface area contributed by atoms with Gasteiger partial charge in [-0.1, -0.05) is 60.7 Å². The predicted octanol–water partition coefficient (Wildman–Crippen LogP) is 2.44. The number of aliphatic hydroxyl groups excluding tert-OH is 1. The number of carbonyl (C=O) groups is 1. The quantitative estimate of drug-likeness (QED) is 0.771. The Hall–Kier alpha value is -2.17. The fourth-order valence-electron chi connectivity index (χ4n) is 2.22. The zero-order valence-corrected chi connectivity index (χ0v) is 12.6. The maximum atomic E-state index is 12.1. The fraction of sp³-hybridized carbons (Fsp3) is 0.278. The zero-order valence-electron chi connectivity index (χ0n) is 12.6. The lowest BCUT2D eigenvalue weighted by molar-refractivity contribution is -0.149. The Kier molecular flexibility index (Phi) is 6.13. The Morgan fingerprint density at radius 3 is 2.27 bits per heavy atom. The van der Waals surface area contributed by atoms with Gasteiger partial charge < -0.3 is 9.84 Å². The number of aliphatic hydroxyl groups is 1. The van der Waals surface area contributed by atoms with Gasteiger partial charge in [0.25, 0.3) is 0 Å². The van der Waals surface area contributed by atoms with Crippen LogP contribution in [0.1, 0.15) is 24.2 Å². The largest absolute Gasteiger partial charge is 0.465 e. The molecule has 0 saturated heterocycles. The molecule has 0 spiro atoms. The van der Waals surface area contributed by atoms with Crippen LogP contribution in [0.25, 0.3) is 0 Å². The first kappa shape index (κ1) is 16.2. The van der Waals surface area contributed by atoms with Gasteiger partial charge in [-0.15, -0.1) is 0 Å². The first-order valence-electron chi connectivity index (χ1n) is 7.39. The number of hydrogen-bond acceptors (Lipinski definition) is 4. The number of nitrogens with one attached hydrogen (secondary N) is 1. The summed E-state index contributed by atoms with van der Waals surface area (Å²) in [7, 11) is 0. The summed E-state index contributed by atoms with van der Waals surface area (Å²) in [5, 5.41) is 13.6. The van der Waals surface area contributed by atoms with Crippen molar-refractivity contribution in [2.75, 3.05) is 6.61 Å². The standard InChI is InChI=1S/C18H21NO3/c1-2-22-18(21)16(17(20)15-11-7-4-8-12-15)19-13-14-9-5-3-6-10-14/h3-12,16-17,19-20H,2,13H2,1H3/t16-,17+/m0/s1. The van der Waals surface area contributed by atoms with Crippen molar-refractivity contribution < 1.29 is 14.6 Å². The molecule has 2 rings (SSSR count). The van der Waals surface area contributed by atoms with Crippen LogP contribution in [0, 0.1) is 0 Å². The van der Waals surface area contributed by atoms with E-state index in [0.29, 0.717) is 12.1 Å². The number of carbonyl (C=O) groups excluding carboxylic acids is 1. The van der Waals surface area contributed by atoms with E-state index in [0.717, 1.165) is 5.56 Å². The van der Waals surface area contributed by atoms with Gasteiger partial charge in [0.2, 0.25) is 0 Å². The lowest BCUT2D eigenvalue weighted by atomic mass is 10.0. The molecule has 0 unspecified atom stereocenters. The summed E-state index contributed by atoms with van der Waals surface area (Å²) in [6.07, 6.45) is -0.955. The van der Waals surface area contributed by atoms with E-state index in [1.54, 1.807) is 19.1 Å². The molecule has 2 atom stereocenters. The summed E-state index contributed by atoms with van der Waals surface area (Å²) in [5.74, 6) is -0.449. The second-order valence-electron chi connectivity index (χ2n) is 4.95. The summed E-state index contributed by atoms with van der Waals surface area (Å²) in [5.41, 5.74) is 1.72. The highest BCUT2D eigenvalue weighted by Gasteiger charge is 2.28. The Bertz CT molecular complexity index is 571. The van der Waals surface area contributed by atoms with Crippen LogP contribution in [0.2, 0.25) is 0 Å². The number of hydrogen-bond donors (Lipinski definition) is 2. The van der Waals surface area contributed by atoms with Crippen molar-refractivity contribution in [2.24, 2.45) is 0 Å². The van der Waals surface area contributed by atoms with Crippen LogP contribution in [0.5, 0.6) is 0 Å². The minimum absolute atomic E-state index is 0.282. The summed E-state index contributed by atoms with van der Waals surface area (Å²) >= 11 is 0. The van der Waals surface area contributed by atoms with Gasteiger partial charge in [0.05, 0.1) is 6.61 Å². The molecule has 0 saturated carbocycles. The van der Waals surface area contributed by atoms with Crippen molar-refractivity contribution in [3.8, 4) is 0 Å². The summed E-state index contributed by atoms with van der Waals surface area (Å²) in [4.78, 5) is 12.1. The molecule has 2 N–H and O–H groups in total. The molecule has 0 heterocycles. The summed E-state index contributed by atoms with van der Waals surface area (Å²) in [6, 6.07) is 18.0. The van der Waals surface area contributed by atoms with Crippen LogP contribution in [-0.2, 0) is 16.1 Å². The summed E-state index contributed by atoms with van der Waals surface area (Å²) in [6.45, 7) is 2.51. The van der Waals surface area contributed by atoms with Crippen molar-refractivity contribution >= 4 is 5.97 Å².